The van der Waals surface area contributed by atoms with E-state index in [2.05, 4.69) is 24.1 Å². The van der Waals surface area contributed by atoms with Gasteiger partial charge in [-0.1, -0.05) is 13.8 Å². The fourth-order valence-corrected chi connectivity index (χ4v) is 2.22. The summed E-state index contributed by atoms with van der Waals surface area (Å²) in [6.45, 7) is 6.78. The van der Waals surface area contributed by atoms with Crippen LogP contribution in [0.15, 0.2) is 18.3 Å². The first-order valence-corrected chi connectivity index (χ1v) is 8.10. The number of nitrogens with zero attached hydrogens (tertiary/aromatic N) is 2. The van der Waals surface area contributed by atoms with Gasteiger partial charge < -0.3 is 20.1 Å². The van der Waals surface area contributed by atoms with Crippen molar-refractivity contribution in [1.29, 1.82) is 0 Å². The Bertz CT molecular complexity index is 548. The van der Waals surface area contributed by atoms with Crippen molar-refractivity contribution in [1.82, 2.24) is 15.2 Å². The molecule has 1 atom stereocenters. The molecule has 0 aliphatic rings. The van der Waals surface area contributed by atoms with Crippen LogP contribution in [0.3, 0.4) is 0 Å². The molecule has 1 aromatic rings. The fourth-order valence-electron chi connectivity index (χ4n) is 2.22. The molecule has 1 rings (SSSR count). The van der Waals surface area contributed by atoms with Crippen molar-refractivity contribution in [2.75, 3.05) is 13.6 Å². The third kappa shape index (κ3) is 7.80. The van der Waals surface area contributed by atoms with Crippen molar-refractivity contribution in [2.24, 2.45) is 5.92 Å². The Morgan fingerprint density at radius 3 is 2.71 bits per heavy atom. The highest BCUT2D eigenvalue weighted by atomic mass is 16.5. The monoisotopic (exact) mass is 337 g/mol. The first-order valence-electron chi connectivity index (χ1n) is 8.10. The number of aliphatic carboxylic acids is 1. The molecule has 1 aromatic heterocycles. The second-order valence-corrected chi connectivity index (χ2v) is 6.28. The summed E-state index contributed by atoms with van der Waals surface area (Å²) >= 11 is 0. The first-order chi connectivity index (χ1) is 11.3. The Balaban J connectivity index is 2.49. The summed E-state index contributed by atoms with van der Waals surface area (Å²) in [6.07, 6.45) is 2.58. The molecular formula is C17H27N3O4. The van der Waals surface area contributed by atoms with Gasteiger partial charge in [0.2, 0.25) is 5.88 Å². The molecule has 0 saturated heterocycles. The summed E-state index contributed by atoms with van der Waals surface area (Å²) in [5, 5.41) is 11.4. The average Bonchev–Trinajstić information content (AvgIpc) is 2.49. The van der Waals surface area contributed by atoms with Gasteiger partial charge in [-0.25, -0.2) is 9.78 Å². The number of rotatable bonds is 9. The smallest absolute Gasteiger partial charge is 0.317 e. The number of ether oxygens (including phenoxy) is 1. The minimum absolute atomic E-state index is 0.0736. The standard InChI is InChI=1S/C17H27N3O4/c1-12(2)9-13(3)24-15-10-14(5-7-18-15)11-19-17(23)20(4)8-6-16(21)22/h5,7,10,12-13H,6,8-9,11H2,1-4H3,(H,19,23)(H,21,22). The predicted octanol–water partition coefficient (Wildman–Crippen LogP) is 2.51. The molecule has 0 aliphatic heterocycles. The number of carbonyl (C=O) groups excluding carboxylic acids is 1. The van der Waals surface area contributed by atoms with Gasteiger partial charge in [0.05, 0.1) is 12.5 Å². The number of amides is 2. The molecule has 1 heterocycles. The van der Waals surface area contributed by atoms with E-state index in [1.54, 1.807) is 25.4 Å². The van der Waals surface area contributed by atoms with E-state index in [1.807, 2.05) is 6.92 Å². The van der Waals surface area contributed by atoms with E-state index in [4.69, 9.17) is 9.84 Å². The number of aromatic nitrogens is 1. The van der Waals surface area contributed by atoms with Crippen LogP contribution >= 0.6 is 0 Å². The van der Waals surface area contributed by atoms with E-state index in [0.29, 0.717) is 18.3 Å². The lowest BCUT2D eigenvalue weighted by atomic mass is 10.1. The lowest BCUT2D eigenvalue weighted by Crippen LogP contribution is -2.38. The van der Waals surface area contributed by atoms with Crippen molar-refractivity contribution < 1.29 is 19.4 Å². The van der Waals surface area contributed by atoms with Crippen molar-refractivity contribution in [3.05, 3.63) is 23.9 Å². The number of carbonyl (C=O) groups is 2. The maximum absolute atomic E-state index is 11.9. The minimum Gasteiger partial charge on any atom is -0.481 e. The zero-order valence-corrected chi connectivity index (χ0v) is 14.8. The summed E-state index contributed by atoms with van der Waals surface area (Å²) in [5.41, 5.74) is 0.872. The number of carboxylic acid groups (broad SMARTS) is 1. The second-order valence-electron chi connectivity index (χ2n) is 6.28. The maximum Gasteiger partial charge on any atom is 0.317 e. The van der Waals surface area contributed by atoms with Crippen LogP contribution in [-0.4, -0.2) is 46.7 Å². The van der Waals surface area contributed by atoms with Crippen LogP contribution in [0.25, 0.3) is 0 Å². The minimum atomic E-state index is -0.930. The summed E-state index contributed by atoms with van der Waals surface area (Å²) in [5.74, 6) is 0.152. The van der Waals surface area contributed by atoms with Gasteiger partial charge >= 0.3 is 12.0 Å². The number of nitrogens with one attached hydrogen (secondary N) is 1. The van der Waals surface area contributed by atoms with Crippen LogP contribution in [-0.2, 0) is 11.3 Å². The van der Waals surface area contributed by atoms with E-state index in [1.165, 1.54) is 4.90 Å². The molecule has 0 radical (unpaired) electrons. The lowest BCUT2D eigenvalue weighted by Gasteiger charge is -2.18. The fraction of sp³-hybridized carbons (Fsp3) is 0.588. The van der Waals surface area contributed by atoms with Crippen LogP contribution < -0.4 is 10.1 Å². The molecule has 134 valence electrons. The molecule has 7 heteroatoms. The van der Waals surface area contributed by atoms with Gasteiger partial charge in [0.1, 0.15) is 0 Å². The predicted molar refractivity (Wildman–Crippen MR) is 90.9 cm³/mol. The Kier molecular flexibility index (Phi) is 8.01. The number of hydrogen-bond acceptors (Lipinski definition) is 4. The van der Waals surface area contributed by atoms with Gasteiger partial charge in [-0.15, -0.1) is 0 Å². The van der Waals surface area contributed by atoms with Crippen LogP contribution in [0, 0.1) is 5.92 Å². The van der Waals surface area contributed by atoms with Crippen LogP contribution in [0.1, 0.15) is 39.2 Å². The number of pyridine rings is 1. The lowest BCUT2D eigenvalue weighted by molar-refractivity contribution is -0.137. The normalized spacial score (nSPS) is 11.9. The molecule has 0 bridgehead atoms. The van der Waals surface area contributed by atoms with Gasteiger partial charge in [0.25, 0.3) is 0 Å². The maximum atomic E-state index is 11.9. The molecule has 7 nitrogen and oxygen atoms in total. The zero-order chi connectivity index (χ0) is 18.1. The van der Waals surface area contributed by atoms with Crippen molar-refractivity contribution >= 4 is 12.0 Å². The molecule has 2 amide bonds. The molecule has 1 unspecified atom stereocenters. The highest BCUT2D eigenvalue weighted by molar-refractivity contribution is 5.75. The molecule has 0 aromatic carbocycles. The topological polar surface area (TPSA) is 91.8 Å². The average molecular weight is 337 g/mol. The quantitative estimate of drug-likeness (QED) is 0.722. The molecule has 0 aliphatic carbocycles. The number of hydrogen-bond donors (Lipinski definition) is 2. The second kappa shape index (κ2) is 9.75. The third-order valence-electron chi connectivity index (χ3n) is 3.38. The summed E-state index contributed by atoms with van der Waals surface area (Å²) in [7, 11) is 1.56. The number of urea groups is 1. The molecule has 0 saturated carbocycles. The summed E-state index contributed by atoms with van der Waals surface area (Å²) in [6, 6.07) is 3.29. The van der Waals surface area contributed by atoms with Gasteiger partial charge in [-0.2, -0.15) is 0 Å². The third-order valence-corrected chi connectivity index (χ3v) is 3.38. The highest BCUT2D eigenvalue weighted by Gasteiger charge is 2.11. The molecule has 0 spiro atoms. The summed E-state index contributed by atoms with van der Waals surface area (Å²) in [4.78, 5) is 27.9. The Morgan fingerprint density at radius 2 is 2.08 bits per heavy atom. The Hall–Kier alpha value is -2.31. The van der Waals surface area contributed by atoms with E-state index >= 15 is 0 Å². The molecular weight excluding hydrogens is 310 g/mol. The molecule has 0 fully saturated rings. The van der Waals surface area contributed by atoms with Crippen molar-refractivity contribution in [3.63, 3.8) is 0 Å². The van der Waals surface area contributed by atoms with Crippen molar-refractivity contribution in [3.8, 4) is 5.88 Å². The van der Waals surface area contributed by atoms with E-state index in [9.17, 15) is 9.59 Å². The Labute approximate surface area is 143 Å². The first kappa shape index (κ1) is 19.7. The van der Waals surface area contributed by atoms with E-state index < -0.39 is 5.97 Å². The van der Waals surface area contributed by atoms with Crippen LogP contribution in [0.2, 0.25) is 0 Å². The zero-order valence-electron chi connectivity index (χ0n) is 14.8. The van der Waals surface area contributed by atoms with Crippen LogP contribution in [0.5, 0.6) is 5.88 Å². The SMILES string of the molecule is CC(C)CC(C)Oc1cc(CNC(=O)N(C)CCC(=O)O)ccn1. The Morgan fingerprint density at radius 1 is 1.38 bits per heavy atom. The van der Waals surface area contributed by atoms with Gasteiger partial charge in [-0.3, -0.25) is 4.79 Å². The molecule has 2 N–H and O–H groups in total. The van der Waals surface area contributed by atoms with Crippen LogP contribution in [0.4, 0.5) is 4.79 Å². The van der Waals surface area contributed by atoms with E-state index in [0.717, 1.165) is 12.0 Å². The number of carboxylic acids is 1. The van der Waals surface area contributed by atoms with Gasteiger partial charge in [-0.05, 0) is 30.9 Å². The van der Waals surface area contributed by atoms with Crippen molar-refractivity contribution in [2.45, 2.75) is 46.3 Å². The summed E-state index contributed by atoms with van der Waals surface area (Å²) < 4.78 is 5.79. The van der Waals surface area contributed by atoms with E-state index in [-0.39, 0.29) is 25.1 Å². The largest absolute Gasteiger partial charge is 0.481 e. The molecule has 24 heavy (non-hydrogen) atoms. The highest BCUT2D eigenvalue weighted by Crippen LogP contribution is 2.14. The van der Waals surface area contributed by atoms with Gasteiger partial charge in [0, 0.05) is 32.4 Å². The van der Waals surface area contributed by atoms with Gasteiger partial charge in [0.15, 0.2) is 0 Å².